The summed E-state index contributed by atoms with van der Waals surface area (Å²) in [5.74, 6) is 0. The van der Waals surface area contributed by atoms with Crippen LogP contribution in [0, 0.1) is 6.92 Å². The van der Waals surface area contributed by atoms with Crippen LogP contribution in [-0.2, 0) is 9.47 Å². The highest BCUT2D eigenvalue weighted by molar-refractivity contribution is 5.77. The predicted molar refractivity (Wildman–Crippen MR) is 67.0 cm³/mol. The van der Waals surface area contributed by atoms with Gasteiger partial charge in [0.05, 0.1) is 30.6 Å². The highest BCUT2D eigenvalue weighted by atomic mass is 16.7. The van der Waals surface area contributed by atoms with Crippen LogP contribution in [0.25, 0.3) is 0 Å². The maximum absolute atomic E-state index is 5.99. The molecule has 94 valence electrons. The highest BCUT2D eigenvalue weighted by Gasteiger charge is 2.24. The lowest BCUT2D eigenvalue weighted by Gasteiger charge is -2.29. The largest absolute Gasteiger partial charge is 0.398 e. The zero-order valence-electron chi connectivity index (χ0n) is 9.77. The van der Waals surface area contributed by atoms with E-state index in [9.17, 15) is 0 Å². The van der Waals surface area contributed by atoms with E-state index < -0.39 is 6.29 Å². The minimum absolute atomic E-state index is 0.0975. The fourth-order valence-corrected chi connectivity index (χ4v) is 1.79. The van der Waals surface area contributed by atoms with Crippen molar-refractivity contribution in [3.63, 3.8) is 0 Å². The summed E-state index contributed by atoms with van der Waals surface area (Å²) in [4.78, 5) is 0. The van der Waals surface area contributed by atoms with Crippen molar-refractivity contribution in [1.29, 1.82) is 0 Å². The second-order valence-corrected chi connectivity index (χ2v) is 4.27. The van der Waals surface area contributed by atoms with Gasteiger partial charge in [0.15, 0.2) is 6.29 Å². The molecule has 0 radical (unpaired) electrons. The Morgan fingerprint density at radius 1 is 1.12 bits per heavy atom. The SMILES string of the molecule is Cc1c(N)c(N)cc(C2OCC(N)CO2)c1N. The number of benzene rings is 1. The molecule has 0 aliphatic carbocycles. The van der Waals surface area contributed by atoms with Gasteiger partial charge in [0.25, 0.3) is 0 Å². The summed E-state index contributed by atoms with van der Waals surface area (Å²) < 4.78 is 11.0. The molecule has 0 spiro atoms. The summed E-state index contributed by atoms with van der Waals surface area (Å²) >= 11 is 0. The molecule has 1 aromatic rings. The Morgan fingerprint density at radius 2 is 1.71 bits per heavy atom. The molecule has 6 heteroatoms. The van der Waals surface area contributed by atoms with Gasteiger partial charge in [-0.3, -0.25) is 0 Å². The molecule has 0 aromatic heterocycles. The van der Waals surface area contributed by atoms with Gasteiger partial charge in [0.2, 0.25) is 0 Å². The van der Waals surface area contributed by atoms with E-state index >= 15 is 0 Å². The Bertz CT molecular complexity index is 428. The van der Waals surface area contributed by atoms with Crippen LogP contribution in [0.3, 0.4) is 0 Å². The summed E-state index contributed by atoms with van der Waals surface area (Å²) in [5, 5.41) is 0. The second-order valence-electron chi connectivity index (χ2n) is 4.27. The molecule has 0 saturated carbocycles. The fraction of sp³-hybridized carbons (Fsp3) is 0.455. The van der Waals surface area contributed by atoms with Gasteiger partial charge in [-0.05, 0) is 18.6 Å². The van der Waals surface area contributed by atoms with E-state index in [0.29, 0.717) is 35.8 Å². The van der Waals surface area contributed by atoms with Crippen molar-refractivity contribution >= 4 is 17.1 Å². The third kappa shape index (κ3) is 2.14. The average molecular weight is 238 g/mol. The van der Waals surface area contributed by atoms with Gasteiger partial charge in [-0.2, -0.15) is 0 Å². The number of ether oxygens (including phenoxy) is 2. The van der Waals surface area contributed by atoms with Gasteiger partial charge in [0, 0.05) is 11.3 Å². The van der Waals surface area contributed by atoms with E-state index in [1.54, 1.807) is 6.07 Å². The van der Waals surface area contributed by atoms with Crippen molar-refractivity contribution in [2.24, 2.45) is 5.73 Å². The normalized spacial score (nSPS) is 24.8. The monoisotopic (exact) mass is 238 g/mol. The quantitative estimate of drug-likeness (QED) is 0.515. The molecule has 17 heavy (non-hydrogen) atoms. The molecular weight excluding hydrogens is 220 g/mol. The Labute approximate surface area is 99.8 Å². The third-order valence-corrected chi connectivity index (χ3v) is 2.92. The summed E-state index contributed by atoms with van der Waals surface area (Å²) in [5.41, 5.74) is 26.3. The molecule has 8 N–H and O–H groups in total. The summed E-state index contributed by atoms with van der Waals surface area (Å²) in [6, 6.07) is 1.60. The van der Waals surface area contributed by atoms with E-state index in [4.69, 9.17) is 32.4 Å². The zero-order valence-corrected chi connectivity index (χ0v) is 9.77. The second kappa shape index (κ2) is 4.40. The van der Waals surface area contributed by atoms with Crippen LogP contribution < -0.4 is 22.9 Å². The highest BCUT2D eigenvalue weighted by Crippen LogP contribution is 2.35. The lowest BCUT2D eigenvalue weighted by molar-refractivity contribution is -0.189. The Kier molecular flexibility index (Phi) is 3.10. The lowest BCUT2D eigenvalue weighted by Crippen LogP contribution is -2.38. The Morgan fingerprint density at radius 3 is 2.29 bits per heavy atom. The standard InChI is InChI=1S/C11H18N4O2/c1-5-9(14)7(2-8(13)10(5)15)11-16-3-6(12)4-17-11/h2,6,11H,3-4,12-15H2,1H3. The molecule has 1 aliphatic rings. The van der Waals surface area contributed by atoms with Gasteiger partial charge >= 0.3 is 0 Å². The van der Waals surface area contributed by atoms with Crippen LogP contribution in [-0.4, -0.2) is 19.3 Å². The molecule has 2 rings (SSSR count). The van der Waals surface area contributed by atoms with E-state index in [2.05, 4.69) is 0 Å². The summed E-state index contributed by atoms with van der Waals surface area (Å²) in [6.07, 6.45) is -0.517. The fourth-order valence-electron chi connectivity index (χ4n) is 1.79. The molecule has 0 atom stereocenters. The third-order valence-electron chi connectivity index (χ3n) is 2.92. The maximum atomic E-state index is 5.99. The molecular formula is C11H18N4O2. The predicted octanol–water partition coefficient (Wildman–Crippen LogP) is 0.114. The van der Waals surface area contributed by atoms with Crippen LogP contribution >= 0.6 is 0 Å². The number of hydrogen-bond acceptors (Lipinski definition) is 6. The van der Waals surface area contributed by atoms with E-state index in [1.165, 1.54) is 0 Å². The molecule has 1 aromatic carbocycles. The number of nitrogens with two attached hydrogens (primary N) is 4. The molecule has 0 bridgehead atoms. The first-order valence-corrected chi connectivity index (χ1v) is 5.43. The average Bonchev–Trinajstić information content (AvgIpc) is 2.32. The molecule has 1 saturated heterocycles. The van der Waals surface area contributed by atoms with E-state index in [-0.39, 0.29) is 6.04 Å². The van der Waals surface area contributed by atoms with Crippen molar-refractivity contribution in [2.45, 2.75) is 19.3 Å². The molecule has 1 heterocycles. The number of rotatable bonds is 1. The van der Waals surface area contributed by atoms with Gasteiger partial charge in [-0.1, -0.05) is 0 Å². The van der Waals surface area contributed by atoms with E-state index in [1.807, 2.05) is 6.92 Å². The van der Waals surface area contributed by atoms with Crippen molar-refractivity contribution in [1.82, 2.24) is 0 Å². The smallest absolute Gasteiger partial charge is 0.186 e. The van der Waals surface area contributed by atoms with Crippen LogP contribution in [0.15, 0.2) is 6.07 Å². The lowest BCUT2D eigenvalue weighted by atomic mass is 10.0. The van der Waals surface area contributed by atoms with E-state index in [0.717, 1.165) is 5.56 Å². The van der Waals surface area contributed by atoms with Gasteiger partial charge < -0.3 is 32.4 Å². The number of hydrogen-bond donors (Lipinski definition) is 4. The number of anilines is 3. The molecule has 0 unspecified atom stereocenters. The van der Waals surface area contributed by atoms with Gasteiger partial charge in [0.1, 0.15) is 0 Å². The summed E-state index contributed by atoms with van der Waals surface area (Å²) in [6.45, 7) is 2.69. The number of nitrogen functional groups attached to an aromatic ring is 3. The van der Waals surface area contributed by atoms with Crippen molar-refractivity contribution in [2.75, 3.05) is 30.4 Å². The van der Waals surface area contributed by atoms with Crippen LogP contribution in [0.5, 0.6) is 0 Å². The van der Waals surface area contributed by atoms with Crippen molar-refractivity contribution < 1.29 is 9.47 Å². The molecule has 1 fully saturated rings. The van der Waals surface area contributed by atoms with Gasteiger partial charge in [-0.15, -0.1) is 0 Å². The van der Waals surface area contributed by atoms with Crippen molar-refractivity contribution in [3.05, 3.63) is 17.2 Å². The van der Waals surface area contributed by atoms with Crippen molar-refractivity contribution in [3.8, 4) is 0 Å². The maximum Gasteiger partial charge on any atom is 0.186 e. The molecule has 6 nitrogen and oxygen atoms in total. The first kappa shape index (κ1) is 12.0. The Balaban J connectivity index is 2.33. The minimum atomic E-state index is -0.517. The first-order chi connectivity index (χ1) is 8.00. The zero-order chi connectivity index (χ0) is 12.6. The van der Waals surface area contributed by atoms with Gasteiger partial charge in [-0.25, -0.2) is 0 Å². The first-order valence-electron chi connectivity index (χ1n) is 5.43. The molecule has 0 amide bonds. The van der Waals surface area contributed by atoms with Crippen LogP contribution in [0.2, 0.25) is 0 Å². The Hall–Kier alpha value is -1.50. The summed E-state index contributed by atoms with van der Waals surface area (Å²) in [7, 11) is 0. The molecule has 1 aliphatic heterocycles. The van der Waals surface area contributed by atoms with Crippen LogP contribution in [0.1, 0.15) is 17.4 Å². The van der Waals surface area contributed by atoms with Crippen LogP contribution in [0.4, 0.5) is 17.1 Å². The minimum Gasteiger partial charge on any atom is -0.398 e. The topological polar surface area (TPSA) is 123 Å².